The lowest BCUT2D eigenvalue weighted by Gasteiger charge is -2.07. The van der Waals surface area contributed by atoms with Crippen molar-refractivity contribution in [2.75, 3.05) is 0 Å². The van der Waals surface area contributed by atoms with Crippen molar-refractivity contribution in [1.82, 2.24) is 30.8 Å². The molecule has 2 heterocycles. The first-order valence-corrected chi connectivity index (χ1v) is 5.59. The summed E-state index contributed by atoms with van der Waals surface area (Å²) in [5.74, 6) is 0.157. The number of tetrazole rings is 1. The Balaban J connectivity index is 1.87. The molecule has 1 atom stereocenters. The molecule has 8 nitrogen and oxygen atoms in total. The maximum atomic E-state index is 11.5. The second-order valence-electron chi connectivity index (χ2n) is 4.12. The molecule has 0 spiro atoms. The third-order valence-electron chi connectivity index (χ3n) is 2.78. The number of urea groups is 1. The third-order valence-corrected chi connectivity index (χ3v) is 2.78. The van der Waals surface area contributed by atoms with E-state index in [1.807, 2.05) is 0 Å². The van der Waals surface area contributed by atoms with Crippen LogP contribution in [0.2, 0.25) is 0 Å². The molecule has 3 rings (SSSR count). The summed E-state index contributed by atoms with van der Waals surface area (Å²) in [7, 11) is 1.68. The van der Waals surface area contributed by atoms with Crippen LogP contribution in [0.15, 0.2) is 24.3 Å². The number of imide groups is 1. The Morgan fingerprint density at radius 3 is 2.47 bits per heavy atom. The fraction of sp³-hybridized carbons (Fsp3) is 0.182. The molecule has 1 aromatic carbocycles. The molecule has 1 unspecified atom stereocenters. The summed E-state index contributed by atoms with van der Waals surface area (Å²) in [4.78, 5) is 23.9. The molecule has 19 heavy (non-hydrogen) atoms. The maximum Gasteiger partial charge on any atom is 0.322 e. The van der Waals surface area contributed by atoms with Gasteiger partial charge in [0.25, 0.3) is 5.91 Å². The van der Waals surface area contributed by atoms with Gasteiger partial charge in [0, 0.05) is 5.56 Å². The molecule has 0 radical (unpaired) electrons. The van der Waals surface area contributed by atoms with E-state index < -0.39 is 12.1 Å². The summed E-state index contributed by atoms with van der Waals surface area (Å²) < 4.78 is 0. The standard InChI is InChI=1S/C11H10N6O2/c1-17-15-9(14-16-17)7-4-2-6(3-5-7)8-10(18)13-11(19)12-8/h2-5,8H,1H3,(H2,12,13,18,19). The number of aromatic nitrogens is 4. The monoisotopic (exact) mass is 258 g/mol. The number of carbonyl (C=O) groups is 2. The van der Waals surface area contributed by atoms with Gasteiger partial charge in [-0.1, -0.05) is 24.3 Å². The van der Waals surface area contributed by atoms with Crippen LogP contribution >= 0.6 is 0 Å². The molecule has 2 N–H and O–H groups in total. The summed E-state index contributed by atoms with van der Waals surface area (Å²) in [6, 6.07) is 5.95. The van der Waals surface area contributed by atoms with Gasteiger partial charge in [-0.3, -0.25) is 10.1 Å². The second-order valence-corrected chi connectivity index (χ2v) is 4.12. The molecule has 1 aliphatic rings. The normalized spacial score (nSPS) is 18.3. The minimum Gasteiger partial charge on any atom is -0.322 e. The SMILES string of the molecule is Cn1nnc(-c2ccc(C3NC(=O)NC3=O)cc2)n1. The first-order valence-electron chi connectivity index (χ1n) is 5.59. The molecule has 1 fully saturated rings. The van der Waals surface area contributed by atoms with Crippen LogP contribution in [-0.2, 0) is 11.8 Å². The molecule has 0 aliphatic carbocycles. The number of rotatable bonds is 2. The van der Waals surface area contributed by atoms with Gasteiger partial charge in [-0.05, 0) is 10.8 Å². The van der Waals surface area contributed by atoms with E-state index in [0.29, 0.717) is 11.4 Å². The van der Waals surface area contributed by atoms with Crippen molar-refractivity contribution < 1.29 is 9.59 Å². The molecule has 2 aromatic rings. The number of carbonyl (C=O) groups excluding carboxylic acids is 2. The zero-order chi connectivity index (χ0) is 13.4. The van der Waals surface area contributed by atoms with Gasteiger partial charge in [-0.2, -0.15) is 4.80 Å². The number of hydrogen-bond donors (Lipinski definition) is 2. The smallest absolute Gasteiger partial charge is 0.322 e. The molecule has 0 saturated carbocycles. The predicted molar refractivity (Wildman–Crippen MR) is 63.6 cm³/mol. The highest BCUT2D eigenvalue weighted by molar-refractivity contribution is 6.04. The summed E-state index contributed by atoms with van der Waals surface area (Å²) in [5, 5.41) is 16.4. The maximum absolute atomic E-state index is 11.5. The van der Waals surface area contributed by atoms with Crippen LogP contribution < -0.4 is 10.6 Å². The first-order chi connectivity index (χ1) is 9.13. The van der Waals surface area contributed by atoms with Crippen molar-refractivity contribution in [2.45, 2.75) is 6.04 Å². The fourth-order valence-corrected chi connectivity index (χ4v) is 1.88. The molecular formula is C11H10N6O2. The average molecular weight is 258 g/mol. The summed E-state index contributed by atoms with van der Waals surface area (Å²) in [6.45, 7) is 0. The van der Waals surface area contributed by atoms with E-state index >= 15 is 0 Å². The minimum atomic E-state index is -0.642. The van der Waals surface area contributed by atoms with E-state index in [2.05, 4.69) is 26.0 Å². The van der Waals surface area contributed by atoms with Gasteiger partial charge in [0.1, 0.15) is 6.04 Å². The molecule has 8 heteroatoms. The van der Waals surface area contributed by atoms with Crippen LogP contribution in [0.3, 0.4) is 0 Å². The fourth-order valence-electron chi connectivity index (χ4n) is 1.88. The number of nitrogens with one attached hydrogen (secondary N) is 2. The van der Waals surface area contributed by atoms with Gasteiger partial charge in [0.05, 0.1) is 7.05 Å². The Bertz CT molecular complexity index is 647. The van der Waals surface area contributed by atoms with Crippen LogP contribution in [-0.4, -0.2) is 32.1 Å². The summed E-state index contributed by atoms with van der Waals surface area (Å²) in [5.41, 5.74) is 1.50. The lowest BCUT2D eigenvalue weighted by molar-refractivity contribution is -0.120. The zero-order valence-electron chi connectivity index (χ0n) is 9.99. The Kier molecular flexibility index (Phi) is 2.48. The molecule has 1 aliphatic heterocycles. The lowest BCUT2D eigenvalue weighted by Crippen LogP contribution is -2.22. The van der Waals surface area contributed by atoms with Gasteiger partial charge >= 0.3 is 6.03 Å². The topological polar surface area (TPSA) is 102 Å². The van der Waals surface area contributed by atoms with Crippen molar-refractivity contribution in [1.29, 1.82) is 0 Å². The quantitative estimate of drug-likeness (QED) is 0.724. The summed E-state index contributed by atoms with van der Waals surface area (Å²) >= 11 is 0. The van der Waals surface area contributed by atoms with Crippen LogP contribution in [0, 0.1) is 0 Å². The van der Waals surface area contributed by atoms with Crippen molar-refractivity contribution in [2.24, 2.45) is 7.05 Å². The van der Waals surface area contributed by atoms with Gasteiger partial charge in [-0.15, -0.1) is 10.2 Å². The van der Waals surface area contributed by atoms with Gasteiger partial charge < -0.3 is 5.32 Å². The van der Waals surface area contributed by atoms with E-state index in [9.17, 15) is 9.59 Å². The summed E-state index contributed by atoms with van der Waals surface area (Å²) in [6.07, 6.45) is 0. The largest absolute Gasteiger partial charge is 0.322 e. The Hall–Kier alpha value is -2.77. The van der Waals surface area contributed by atoms with Gasteiger partial charge in [0.15, 0.2) is 0 Å². The van der Waals surface area contributed by atoms with Gasteiger partial charge in [0.2, 0.25) is 5.82 Å². The van der Waals surface area contributed by atoms with E-state index in [4.69, 9.17) is 0 Å². The predicted octanol–water partition coefficient (Wildman–Crippen LogP) is -0.242. The number of amides is 3. The zero-order valence-corrected chi connectivity index (χ0v) is 9.99. The van der Waals surface area contributed by atoms with Gasteiger partial charge in [-0.25, -0.2) is 4.79 Å². The molecule has 0 bridgehead atoms. The Labute approximate surface area is 107 Å². The van der Waals surface area contributed by atoms with Crippen LogP contribution in [0.5, 0.6) is 0 Å². The van der Waals surface area contributed by atoms with Crippen LogP contribution in [0.1, 0.15) is 11.6 Å². The first kappa shape index (κ1) is 11.3. The van der Waals surface area contributed by atoms with E-state index in [1.54, 1.807) is 31.3 Å². The number of aryl methyl sites for hydroxylation is 1. The van der Waals surface area contributed by atoms with Crippen LogP contribution in [0.25, 0.3) is 11.4 Å². The molecule has 1 saturated heterocycles. The van der Waals surface area contributed by atoms with Crippen LogP contribution in [0.4, 0.5) is 4.79 Å². The number of hydrogen-bond acceptors (Lipinski definition) is 5. The highest BCUT2D eigenvalue weighted by Gasteiger charge is 2.30. The van der Waals surface area contributed by atoms with Crippen molar-refractivity contribution in [3.05, 3.63) is 29.8 Å². The van der Waals surface area contributed by atoms with E-state index in [0.717, 1.165) is 5.56 Å². The number of nitrogens with zero attached hydrogens (tertiary/aromatic N) is 4. The highest BCUT2D eigenvalue weighted by atomic mass is 16.2. The van der Waals surface area contributed by atoms with Crippen molar-refractivity contribution >= 4 is 11.9 Å². The second kappa shape index (κ2) is 4.16. The Morgan fingerprint density at radius 1 is 1.21 bits per heavy atom. The van der Waals surface area contributed by atoms with Crippen molar-refractivity contribution in [3.8, 4) is 11.4 Å². The lowest BCUT2D eigenvalue weighted by atomic mass is 10.0. The molecule has 3 amide bonds. The number of benzene rings is 1. The third kappa shape index (κ3) is 2.03. The molecular weight excluding hydrogens is 248 g/mol. The average Bonchev–Trinajstić information content (AvgIpc) is 2.96. The van der Waals surface area contributed by atoms with E-state index in [1.165, 1.54) is 4.80 Å². The van der Waals surface area contributed by atoms with Crippen molar-refractivity contribution in [3.63, 3.8) is 0 Å². The Morgan fingerprint density at radius 2 is 1.95 bits per heavy atom. The molecule has 96 valence electrons. The minimum absolute atomic E-state index is 0.352. The van der Waals surface area contributed by atoms with E-state index in [-0.39, 0.29) is 5.91 Å². The highest BCUT2D eigenvalue weighted by Crippen LogP contribution is 2.20. The molecule has 1 aromatic heterocycles.